The molecule has 0 spiro atoms. The zero-order valence-corrected chi connectivity index (χ0v) is 14.3. The van der Waals surface area contributed by atoms with Gasteiger partial charge < -0.3 is 15.5 Å². The number of hydrogen-bond acceptors (Lipinski definition) is 3. The second kappa shape index (κ2) is 7.59. The summed E-state index contributed by atoms with van der Waals surface area (Å²) in [5.74, 6) is -0.277. The molecule has 2 rings (SSSR count). The van der Waals surface area contributed by atoms with Crippen molar-refractivity contribution in [2.75, 3.05) is 27.2 Å². The Bertz CT molecular complexity index is 548. The highest BCUT2D eigenvalue weighted by molar-refractivity contribution is 6.07. The van der Waals surface area contributed by atoms with Gasteiger partial charge in [0.25, 0.3) is 0 Å². The Labute approximate surface area is 138 Å². The van der Waals surface area contributed by atoms with Crippen molar-refractivity contribution < 1.29 is 9.59 Å². The summed E-state index contributed by atoms with van der Waals surface area (Å²) < 4.78 is 0. The maximum Gasteiger partial charge on any atom is 0.235 e. The van der Waals surface area contributed by atoms with Gasteiger partial charge in [-0.1, -0.05) is 29.8 Å². The molecular formula is C18H27N3O2. The van der Waals surface area contributed by atoms with E-state index in [2.05, 4.69) is 15.5 Å². The molecule has 0 heterocycles. The molecule has 0 aromatic heterocycles. The van der Waals surface area contributed by atoms with Gasteiger partial charge in [0.05, 0.1) is 0 Å². The Balaban J connectivity index is 1.78. The van der Waals surface area contributed by atoms with Crippen molar-refractivity contribution in [1.29, 1.82) is 0 Å². The predicted octanol–water partition coefficient (Wildman–Crippen LogP) is 1.46. The molecule has 2 N–H and O–H groups in total. The topological polar surface area (TPSA) is 61.4 Å². The summed E-state index contributed by atoms with van der Waals surface area (Å²) in [6.07, 6.45) is 2.18. The van der Waals surface area contributed by atoms with Crippen molar-refractivity contribution >= 4 is 11.8 Å². The summed E-state index contributed by atoms with van der Waals surface area (Å²) in [5.41, 5.74) is 1.41. The molecule has 0 saturated heterocycles. The number of aryl methyl sites for hydroxylation is 1. The van der Waals surface area contributed by atoms with E-state index < -0.39 is 5.41 Å². The highest BCUT2D eigenvalue weighted by atomic mass is 16.2. The fourth-order valence-electron chi connectivity index (χ4n) is 2.51. The first kappa shape index (κ1) is 17.5. The van der Waals surface area contributed by atoms with E-state index in [1.54, 1.807) is 0 Å². The molecule has 0 bridgehead atoms. The second-order valence-electron chi connectivity index (χ2n) is 6.66. The fourth-order valence-corrected chi connectivity index (χ4v) is 2.51. The molecule has 1 fully saturated rings. The van der Waals surface area contributed by atoms with Crippen LogP contribution in [0.4, 0.5) is 0 Å². The van der Waals surface area contributed by atoms with E-state index in [1.165, 1.54) is 5.56 Å². The lowest BCUT2D eigenvalue weighted by Gasteiger charge is -2.16. The minimum atomic E-state index is -0.831. The lowest BCUT2D eigenvalue weighted by atomic mass is 10.0. The van der Waals surface area contributed by atoms with Crippen LogP contribution in [0.3, 0.4) is 0 Å². The quantitative estimate of drug-likeness (QED) is 0.564. The van der Waals surface area contributed by atoms with Crippen LogP contribution in [0, 0.1) is 12.3 Å². The number of rotatable bonds is 8. The van der Waals surface area contributed by atoms with Gasteiger partial charge in [0.1, 0.15) is 5.41 Å². The smallest absolute Gasteiger partial charge is 0.235 e. The Morgan fingerprint density at radius 3 is 2.26 bits per heavy atom. The third-order valence-electron chi connectivity index (χ3n) is 4.26. The van der Waals surface area contributed by atoms with Crippen LogP contribution in [-0.2, 0) is 16.1 Å². The van der Waals surface area contributed by atoms with E-state index in [9.17, 15) is 9.59 Å². The van der Waals surface area contributed by atoms with Crippen molar-refractivity contribution in [1.82, 2.24) is 15.5 Å². The van der Waals surface area contributed by atoms with Crippen LogP contribution in [0.2, 0.25) is 0 Å². The number of hydrogen-bond donors (Lipinski definition) is 2. The molecule has 0 atom stereocenters. The standard InChI is InChI=1S/C18H27N3O2/c1-14-5-7-15(8-6-14)13-20-17(23)18(9-10-18)16(22)19-11-4-12-21(2)3/h5-8H,4,9-13H2,1-3H3,(H,19,22)(H,20,23). The number of amides is 2. The average Bonchev–Trinajstić information content (AvgIpc) is 3.32. The van der Waals surface area contributed by atoms with Crippen molar-refractivity contribution in [3.63, 3.8) is 0 Å². The fraction of sp³-hybridized carbons (Fsp3) is 0.556. The second-order valence-corrected chi connectivity index (χ2v) is 6.66. The number of carbonyl (C=O) groups is 2. The Morgan fingerprint density at radius 1 is 1.09 bits per heavy atom. The molecule has 126 valence electrons. The van der Waals surface area contributed by atoms with E-state index in [0.717, 1.165) is 18.5 Å². The molecular weight excluding hydrogens is 290 g/mol. The molecule has 1 saturated carbocycles. The minimum Gasteiger partial charge on any atom is -0.355 e. The number of benzene rings is 1. The molecule has 1 aliphatic carbocycles. The molecule has 0 radical (unpaired) electrons. The Kier molecular flexibility index (Phi) is 5.77. The lowest BCUT2D eigenvalue weighted by molar-refractivity contribution is -0.137. The molecule has 0 aliphatic heterocycles. The zero-order chi connectivity index (χ0) is 16.9. The first-order valence-corrected chi connectivity index (χ1v) is 8.21. The number of carbonyl (C=O) groups excluding carboxylic acids is 2. The lowest BCUT2D eigenvalue weighted by Crippen LogP contribution is -2.43. The average molecular weight is 317 g/mol. The van der Waals surface area contributed by atoms with Gasteiger partial charge in [0.2, 0.25) is 11.8 Å². The van der Waals surface area contributed by atoms with Gasteiger partial charge in [-0.25, -0.2) is 0 Å². The normalized spacial score (nSPS) is 15.3. The molecule has 1 aromatic carbocycles. The first-order chi connectivity index (χ1) is 10.9. The van der Waals surface area contributed by atoms with Crippen LogP contribution in [0.5, 0.6) is 0 Å². The van der Waals surface area contributed by atoms with E-state index in [4.69, 9.17) is 0 Å². The minimum absolute atomic E-state index is 0.127. The van der Waals surface area contributed by atoms with Crippen LogP contribution >= 0.6 is 0 Å². The van der Waals surface area contributed by atoms with E-state index in [-0.39, 0.29) is 11.8 Å². The van der Waals surface area contributed by atoms with E-state index in [0.29, 0.717) is 25.9 Å². The molecule has 2 amide bonds. The number of nitrogens with zero attached hydrogens (tertiary/aromatic N) is 1. The van der Waals surface area contributed by atoms with Crippen LogP contribution in [0.25, 0.3) is 0 Å². The maximum absolute atomic E-state index is 12.4. The van der Waals surface area contributed by atoms with Gasteiger partial charge in [-0.2, -0.15) is 0 Å². The molecule has 1 aliphatic rings. The van der Waals surface area contributed by atoms with Crippen LogP contribution in [0.1, 0.15) is 30.4 Å². The van der Waals surface area contributed by atoms with Gasteiger partial charge in [-0.3, -0.25) is 9.59 Å². The van der Waals surface area contributed by atoms with Gasteiger partial charge in [0.15, 0.2) is 0 Å². The molecule has 5 heteroatoms. The first-order valence-electron chi connectivity index (χ1n) is 8.21. The van der Waals surface area contributed by atoms with Crippen LogP contribution < -0.4 is 10.6 Å². The third-order valence-corrected chi connectivity index (χ3v) is 4.26. The summed E-state index contributed by atoms with van der Waals surface area (Å²) in [6.45, 7) is 4.04. The number of nitrogens with one attached hydrogen (secondary N) is 2. The molecule has 5 nitrogen and oxygen atoms in total. The zero-order valence-electron chi connectivity index (χ0n) is 14.3. The van der Waals surface area contributed by atoms with E-state index in [1.807, 2.05) is 45.3 Å². The van der Waals surface area contributed by atoms with E-state index >= 15 is 0 Å². The van der Waals surface area contributed by atoms with Gasteiger partial charge in [0, 0.05) is 13.1 Å². The summed E-state index contributed by atoms with van der Waals surface area (Å²) >= 11 is 0. The highest BCUT2D eigenvalue weighted by Gasteiger charge is 2.56. The Hall–Kier alpha value is -1.88. The van der Waals surface area contributed by atoms with Crippen LogP contribution in [-0.4, -0.2) is 43.9 Å². The molecule has 1 aromatic rings. The summed E-state index contributed by atoms with van der Waals surface area (Å²) in [4.78, 5) is 26.7. The largest absolute Gasteiger partial charge is 0.355 e. The van der Waals surface area contributed by atoms with Crippen molar-refractivity contribution in [2.24, 2.45) is 5.41 Å². The summed E-state index contributed by atoms with van der Waals surface area (Å²) in [5, 5.41) is 5.80. The molecule has 23 heavy (non-hydrogen) atoms. The van der Waals surface area contributed by atoms with Crippen molar-refractivity contribution in [2.45, 2.75) is 32.7 Å². The van der Waals surface area contributed by atoms with Gasteiger partial charge >= 0.3 is 0 Å². The maximum atomic E-state index is 12.4. The summed E-state index contributed by atoms with van der Waals surface area (Å²) in [6, 6.07) is 8.03. The van der Waals surface area contributed by atoms with Crippen LogP contribution in [0.15, 0.2) is 24.3 Å². The SMILES string of the molecule is Cc1ccc(CNC(=O)C2(C(=O)NCCCN(C)C)CC2)cc1. The van der Waals surface area contributed by atoms with Gasteiger partial charge in [-0.05, 0) is 52.4 Å². The monoisotopic (exact) mass is 317 g/mol. The van der Waals surface area contributed by atoms with Crippen molar-refractivity contribution in [3.8, 4) is 0 Å². The predicted molar refractivity (Wildman–Crippen MR) is 90.9 cm³/mol. The Morgan fingerprint density at radius 2 is 1.70 bits per heavy atom. The van der Waals surface area contributed by atoms with Gasteiger partial charge in [-0.15, -0.1) is 0 Å². The highest BCUT2D eigenvalue weighted by Crippen LogP contribution is 2.46. The third kappa shape index (κ3) is 4.79. The summed E-state index contributed by atoms with van der Waals surface area (Å²) in [7, 11) is 4.01. The molecule has 0 unspecified atom stereocenters. The van der Waals surface area contributed by atoms with Crippen molar-refractivity contribution in [3.05, 3.63) is 35.4 Å².